The van der Waals surface area contributed by atoms with E-state index in [1.54, 1.807) is 18.2 Å². The number of hydrogen-bond donors (Lipinski definition) is 3. The van der Waals surface area contributed by atoms with Crippen molar-refractivity contribution >= 4 is 44.5 Å². The molecule has 0 atom stereocenters. The first kappa shape index (κ1) is 14.1. The molecule has 7 heteroatoms. The van der Waals surface area contributed by atoms with E-state index in [-0.39, 0.29) is 34.0 Å². The maximum atomic E-state index is 12.3. The third kappa shape index (κ3) is 1.98. The zero-order valence-electron chi connectivity index (χ0n) is 12.4. The number of fused-ring (bicyclic) bond motifs is 5. The lowest BCUT2D eigenvalue weighted by Crippen LogP contribution is -2.05. The molecule has 4 aromatic rings. The van der Waals surface area contributed by atoms with E-state index < -0.39 is 5.63 Å². The standard InChI is InChI=1S/C17H11NO6/c1-7(19)18-8-2-3-13-10(4-8)16-15(17(22)24-13)9-5-11(20)12(21)6-14(9)23-16/h2-6,20-21H,1H3,(H,18,19). The normalized spacial score (nSPS) is 11.4. The van der Waals surface area contributed by atoms with Crippen molar-refractivity contribution in [3.05, 3.63) is 40.8 Å². The lowest BCUT2D eigenvalue weighted by atomic mass is 10.1. The first-order valence-corrected chi connectivity index (χ1v) is 7.06. The largest absolute Gasteiger partial charge is 0.504 e. The Balaban J connectivity index is 2.15. The van der Waals surface area contributed by atoms with Crippen LogP contribution < -0.4 is 10.9 Å². The predicted octanol–water partition coefficient (Wildman–Crippen LogP) is 3.06. The number of carbonyl (C=O) groups excluding carboxylic acids is 1. The second-order valence-corrected chi connectivity index (χ2v) is 5.42. The van der Waals surface area contributed by atoms with Gasteiger partial charge in [-0.1, -0.05) is 0 Å². The van der Waals surface area contributed by atoms with Crippen LogP contribution >= 0.6 is 0 Å². The van der Waals surface area contributed by atoms with Crippen LogP contribution in [0.5, 0.6) is 11.5 Å². The van der Waals surface area contributed by atoms with Gasteiger partial charge < -0.3 is 24.4 Å². The second kappa shape index (κ2) is 4.76. The predicted molar refractivity (Wildman–Crippen MR) is 87.4 cm³/mol. The lowest BCUT2D eigenvalue weighted by molar-refractivity contribution is -0.114. The fraction of sp³-hybridized carbons (Fsp3) is 0.0588. The summed E-state index contributed by atoms with van der Waals surface area (Å²) in [5.41, 5.74) is 0.706. The minimum atomic E-state index is -0.617. The number of phenolic OH excluding ortho intramolecular Hbond substituents is 2. The van der Waals surface area contributed by atoms with Crippen molar-refractivity contribution in [3.63, 3.8) is 0 Å². The highest BCUT2D eigenvalue weighted by atomic mass is 16.4. The molecule has 1 amide bonds. The van der Waals surface area contributed by atoms with Crippen LogP contribution in [-0.4, -0.2) is 16.1 Å². The van der Waals surface area contributed by atoms with Crippen LogP contribution in [0.1, 0.15) is 6.92 Å². The van der Waals surface area contributed by atoms with Gasteiger partial charge in [0.25, 0.3) is 0 Å². The fourth-order valence-electron chi connectivity index (χ4n) is 2.74. The number of furan rings is 1. The third-order valence-electron chi connectivity index (χ3n) is 3.74. The van der Waals surface area contributed by atoms with Crippen molar-refractivity contribution in [1.82, 2.24) is 0 Å². The van der Waals surface area contributed by atoms with E-state index in [0.717, 1.165) is 0 Å². The number of aromatic hydroxyl groups is 2. The van der Waals surface area contributed by atoms with Crippen molar-refractivity contribution < 1.29 is 23.8 Å². The molecule has 2 aromatic carbocycles. The van der Waals surface area contributed by atoms with Crippen molar-refractivity contribution in [2.75, 3.05) is 5.32 Å². The van der Waals surface area contributed by atoms with E-state index in [0.29, 0.717) is 22.0 Å². The molecule has 0 saturated carbocycles. The Morgan fingerprint density at radius 1 is 1.00 bits per heavy atom. The molecule has 0 bridgehead atoms. The molecular formula is C17H11NO6. The van der Waals surface area contributed by atoms with Crippen molar-refractivity contribution in [2.45, 2.75) is 6.92 Å². The molecule has 0 radical (unpaired) electrons. The lowest BCUT2D eigenvalue weighted by Gasteiger charge is -2.03. The van der Waals surface area contributed by atoms with Gasteiger partial charge in [-0.05, 0) is 24.3 Å². The number of hydrogen-bond acceptors (Lipinski definition) is 6. The highest BCUT2D eigenvalue weighted by molar-refractivity contribution is 6.14. The Labute approximate surface area is 133 Å². The average Bonchev–Trinajstić information content (AvgIpc) is 2.87. The number of benzene rings is 2. The summed E-state index contributed by atoms with van der Waals surface area (Å²) in [7, 11) is 0. The van der Waals surface area contributed by atoms with Gasteiger partial charge in [-0.15, -0.1) is 0 Å². The van der Waals surface area contributed by atoms with Gasteiger partial charge in [-0.3, -0.25) is 4.79 Å². The topological polar surface area (TPSA) is 113 Å². The van der Waals surface area contributed by atoms with Crippen LogP contribution in [0.4, 0.5) is 5.69 Å². The molecule has 3 N–H and O–H groups in total. The zero-order valence-corrected chi connectivity index (χ0v) is 12.4. The molecule has 24 heavy (non-hydrogen) atoms. The second-order valence-electron chi connectivity index (χ2n) is 5.42. The van der Waals surface area contributed by atoms with Gasteiger partial charge in [0.1, 0.15) is 16.6 Å². The summed E-state index contributed by atoms with van der Waals surface area (Å²) in [5, 5.41) is 22.9. The van der Waals surface area contributed by atoms with Gasteiger partial charge in [-0.2, -0.15) is 0 Å². The summed E-state index contributed by atoms with van der Waals surface area (Å²) in [6.07, 6.45) is 0. The Bertz CT molecular complexity index is 1200. The highest BCUT2D eigenvalue weighted by Gasteiger charge is 2.18. The summed E-state index contributed by atoms with van der Waals surface area (Å²) >= 11 is 0. The molecule has 0 aliphatic rings. The minimum absolute atomic E-state index is 0.160. The van der Waals surface area contributed by atoms with Crippen molar-refractivity contribution in [3.8, 4) is 11.5 Å². The third-order valence-corrected chi connectivity index (χ3v) is 3.74. The molecule has 0 aliphatic heterocycles. The van der Waals surface area contributed by atoms with Crippen LogP contribution in [0, 0.1) is 0 Å². The number of rotatable bonds is 1. The fourth-order valence-corrected chi connectivity index (χ4v) is 2.74. The molecule has 120 valence electrons. The van der Waals surface area contributed by atoms with E-state index in [1.807, 2.05) is 0 Å². The van der Waals surface area contributed by atoms with Gasteiger partial charge >= 0.3 is 5.63 Å². The molecule has 4 rings (SSSR count). The first-order valence-electron chi connectivity index (χ1n) is 7.06. The van der Waals surface area contributed by atoms with E-state index >= 15 is 0 Å². The highest BCUT2D eigenvalue weighted by Crippen LogP contribution is 2.37. The number of anilines is 1. The minimum Gasteiger partial charge on any atom is -0.504 e. The van der Waals surface area contributed by atoms with E-state index in [4.69, 9.17) is 8.83 Å². The Morgan fingerprint density at radius 2 is 1.75 bits per heavy atom. The Kier molecular flexibility index (Phi) is 2.80. The van der Waals surface area contributed by atoms with Gasteiger partial charge in [0.05, 0.1) is 5.39 Å². The van der Waals surface area contributed by atoms with Crippen LogP contribution in [0.25, 0.3) is 32.9 Å². The average molecular weight is 325 g/mol. The first-order chi connectivity index (χ1) is 11.4. The quantitative estimate of drug-likeness (QED) is 0.366. The number of amides is 1. The summed E-state index contributed by atoms with van der Waals surface area (Å²) in [6, 6.07) is 7.27. The Morgan fingerprint density at radius 3 is 2.50 bits per heavy atom. The molecule has 0 saturated heterocycles. The maximum Gasteiger partial charge on any atom is 0.348 e. The van der Waals surface area contributed by atoms with Crippen molar-refractivity contribution in [2.24, 2.45) is 0 Å². The number of nitrogens with one attached hydrogen (secondary N) is 1. The molecule has 7 nitrogen and oxygen atoms in total. The molecular weight excluding hydrogens is 314 g/mol. The maximum absolute atomic E-state index is 12.3. The van der Waals surface area contributed by atoms with Gasteiger partial charge in [-0.25, -0.2) is 4.79 Å². The van der Waals surface area contributed by atoms with Crippen LogP contribution in [0.2, 0.25) is 0 Å². The number of carbonyl (C=O) groups is 1. The van der Waals surface area contributed by atoms with Crippen LogP contribution in [0.15, 0.2) is 44.0 Å². The van der Waals surface area contributed by atoms with Crippen LogP contribution in [-0.2, 0) is 4.79 Å². The van der Waals surface area contributed by atoms with E-state index in [2.05, 4.69) is 5.32 Å². The summed E-state index contributed by atoms with van der Waals surface area (Å²) in [6.45, 7) is 1.39. The van der Waals surface area contributed by atoms with Crippen molar-refractivity contribution in [1.29, 1.82) is 0 Å². The zero-order chi connectivity index (χ0) is 17.0. The number of phenols is 2. The summed E-state index contributed by atoms with van der Waals surface area (Å²) in [5.74, 6) is -0.951. The van der Waals surface area contributed by atoms with Gasteiger partial charge in [0.2, 0.25) is 5.91 Å². The monoisotopic (exact) mass is 325 g/mol. The summed E-state index contributed by atoms with van der Waals surface area (Å²) in [4.78, 5) is 23.5. The molecule has 0 fully saturated rings. The molecule has 0 unspecified atom stereocenters. The van der Waals surface area contributed by atoms with Gasteiger partial charge in [0, 0.05) is 24.1 Å². The molecule has 2 aromatic heterocycles. The SMILES string of the molecule is CC(=O)Nc1ccc2oc(=O)c3c4cc(O)c(O)cc4oc3c2c1. The molecule has 2 heterocycles. The smallest absolute Gasteiger partial charge is 0.348 e. The molecule has 0 aliphatic carbocycles. The van der Waals surface area contributed by atoms with E-state index in [1.165, 1.54) is 19.1 Å². The van der Waals surface area contributed by atoms with Gasteiger partial charge in [0.15, 0.2) is 17.1 Å². The summed E-state index contributed by atoms with van der Waals surface area (Å²) < 4.78 is 11.0. The Hall–Kier alpha value is -3.48. The van der Waals surface area contributed by atoms with E-state index in [9.17, 15) is 19.8 Å². The molecule has 0 spiro atoms. The van der Waals surface area contributed by atoms with Crippen LogP contribution in [0.3, 0.4) is 0 Å².